The third-order valence-electron chi connectivity index (χ3n) is 5.64. The van der Waals surface area contributed by atoms with Crippen molar-refractivity contribution in [2.75, 3.05) is 5.32 Å². The molecule has 0 amide bonds. The molecule has 0 radical (unpaired) electrons. The van der Waals surface area contributed by atoms with E-state index in [1.54, 1.807) is 0 Å². The molecular formula is C28H19NO. The number of anilines is 2. The third kappa shape index (κ3) is 2.82. The molecule has 1 aromatic heterocycles. The van der Waals surface area contributed by atoms with Gasteiger partial charge in [0.1, 0.15) is 11.2 Å². The Morgan fingerprint density at radius 2 is 1.20 bits per heavy atom. The first-order valence-electron chi connectivity index (χ1n) is 10.1. The van der Waals surface area contributed by atoms with Crippen molar-refractivity contribution in [2.24, 2.45) is 0 Å². The molecule has 0 saturated heterocycles. The normalized spacial score (nSPS) is 11.3. The lowest BCUT2D eigenvalue weighted by Gasteiger charge is -2.09. The van der Waals surface area contributed by atoms with E-state index in [4.69, 9.17) is 4.42 Å². The van der Waals surface area contributed by atoms with Crippen LogP contribution in [-0.4, -0.2) is 0 Å². The topological polar surface area (TPSA) is 25.2 Å². The SMILES string of the molecule is c1ccc(-c2ccc(Nc3ccc4ccc5oc6ccccc6c5c4c3)cc2)cc1. The number of hydrogen-bond donors (Lipinski definition) is 1. The van der Waals surface area contributed by atoms with Crippen LogP contribution in [0.25, 0.3) is 43.8 Å². The van der Waals surface area contributed by atoms with Gasteiger partial charge in [0.25, 0.3) is 0 Å². The summed E-state index contributed by atoms with van der Waals surface area (Å²) in [5.41, 5.74) is 6.42. The van der Waals surface area contributed by atoms with Crippen molar-refractivity contribution < 1.29 is 4.42 Å². The molecular weight excluding hydrogens is 366 g/mol. The first kappa shape index (κ1) is 16.9. The second-order valence-corrected chi connectivity index (χ2v) is 7.54. The highest BCUT2D eigenvalue weighted by atomic mass is 16.3. The molecule has 0 saturated carbocycles. The van der Waals surface area contributed by atoms with Crippen LogP contribution in [0.3, 0.4) is 0 Å². The van der Waals surface area contributed by atoms with Crippen LogP contribution in [-0.2, 0) is 0 Å². The van der Waals surface area contributed by atoms with Gasteiger partial charge in [-0.25, -0.2) is 0 Å². The zero-order valence-corrected chi connectivity index (χ0v) is 16.3. The summed E-state index contributed by atoms with van der Waals surface area (Å²) < 4.78 is 6.05. The van der Waals surface area contributed by atoms with Crippen LogP contribution in [0.15, 0.2) is 114 Å². The van der Waals surface area contributed by atoms with E-state index in [9.17, 15) is 0 Å². The van der Waals surface area contributed by atoms with Gasteiger partial charge in [-0.3, -0.25) is 0 Å². The zero-order chi connectivity index (χ0) is 19.9. The van der Waals surface area contributed by atoms with Gasteiger partial charge in [0.05, 0.1) is 0 Å². The van der Waals surface area contributed by atoms with Gasteiger partial charge in [-0.15, -0.1) is 0 Å². The minimum absolute atomic E-state index is 0.924. The first-order valence-corrected chi connectivity index (χ1v) is 10.1. The average molecular weight is 385 g/mol. The summed E-state index contributed by atoms with van der Waals surface area (Å²) >= 11 is 0. The van der Waals surface area contributed by atoms with Gasteiger partial charge in [0.2, 0.25) is 0 Å². The Morgan fingerprint density at radius 1 is 0.500 bits per heavy atom. The quantitative estimate of drug-likeness (QED) is 0.332. The Kier molecular flexibility index (Phi) is 3.82. The van der Waals surface area contributed by atoms with Crippen molar-refractivity contribution >= 4 is 44.1 Å². The summed E-state index contributed by atoms with van der Waals surface area (Å²) in [6, 6.07) is 37.9. The van der Waals surface area contributed by atoms with Crippen LogP contribution in [0.1, 0.15) is 0 Å². The van der Waals surface area contributed by atoms with E-state index in [0.29, 0.717) is 0 Å². The van der Waals surface area contributed by atoms with Gasteiger partial charge in [0.15, 0.2) is 0 Å². The van der Waals surface area contributed by atoms with Gasteiger partial charge < -0.3 is 9.73 Å². The fraction of sp³-hybridized carbons (Fsp3) is 0. The molecule has 2 nitrogen and oxygen atoms in total. The highest BCUT2D eigenvalue weighted by molar-refractivity contribution is 6.19. The third-order valence-corrected chi connectivity index (χ3v) is 5.64. The van der Waals surface area contributed by atoms with E-state index < -0.39 is 0 Å². The van der Waals surface area contributed by atoms with Gasteiger partial charge >= 0.3 is 0 Å². The molecule has 0 aliphatic heterocycles. The van der Waals surface area contributed by atoms with E-state index in [2.05, 4.69) is 96.3 Å². The molecule has 0 aliphatic carbocycles. The maximum absolute atomic E-state index is 6.05. The number of furan rings is 1. The minimum atomic E-state index is 0.924. The maximum atomic E-state index is 6.05. The van der Waals surface area contributed by atoms with Crippen LogP contribution in [0.4, 0.5) is 11.4 Å². The lowest BCUT2D eigenvalue weighted by Crippen LogP contribution is -1.90. The number of nitrogens with one attached hydrogen (secondary N) is 1. The second kappa shape index (κ2) is 6.78. The number of rotatable bonds is 3. The molecule has 0 atom stereocenters. The summed E-state index contributed by atoms with van der Waals surface area (Å²) in [7, 11) is 0. The van der Waals surface area contributed by atoms with Gasteiger partial charge in [-0.2, -0.15) is 0 Å². The first-order chi connectivity index (χ1) is 14.8. The second-order valence-electron chi connectivity index (χ2n) is 7.54. The molecule has 6 aromatic rings. The molecule has 1 N–H and O–H groups in total. The predicted molar refractivity (Wildman–Crippen MR) is 126 cm³/mol. The summed E-state index contributed by atoms with van der Waals surface area (Å²) in [6.45, 7) is 0. The lowest BCUT2D eigenvalue weighted by atomic mass is 10.0. The standard InChI is InChI=1S/C28H19NO/c1-2-6-19(7-3-1)20-10-14-22(15-11-20)29-23-16-12-21-13-17-27-28(25(21)18-23)24-8-4-5-9-26(24)30-27/h1-18,29H. The maximum Gasteiger partial charge on any atom is 0.136 e. The Bertz CT molecular complexity index is 1490. The Labute approximate surface area is 174 Å². The van der Waals surface area contributed by atoms with Crippen LogP contribution < -0.4 is 5.32 Å². The minimum Gasteiger partial charge on any atom is -0.456 e. The van der Waals surface area contributed by atoms with E-state index in [-0.39, 0.29) is 0 Å². The number of benzene rings is 5. The molecule has 0 spiro atoms. The monoisotopic (exact) mass is 385 g/mol. The zero-order valence-electron chi connectivity index (χ0n) is 16.3. The van der Waals surface area contributed by atoms with Crippen LogP contribution in [0.2, 0.25) is 0 Å². The van der Waals surface area contributed by atoms with Gasteiger partial charge in [-0.05, 0) is 58.3 Å². The van der Waals surface area contributed by atoms with E-state index in [1.165, 1.54) is 27.3 Å². The molecule has 5 aromatic carbocycles. The van der Waals surface area contributed by atoms with E-state index in [1.807, 2.05) is 18.2 Å². The van der Waals surface area contributed by atoms with Crippen LogP contribution >= 0.6 is 0 Å². The molecule has 2 heteroatoms. The summed E-state index contributed by atoms with van der Waals surface area (Å²) in [6.07, 6.45) is 0. The van der Waals surface area contributed by atoms with E-state index >= 15 is 0 Å². The Morgan fingerprint density at radius 3 is 2.07 bits per heavy atom. The van der Waals surface area contributed by atoms with Crippen molar-refractivity contribution in [3.8, 4) is 11.1 Å². The van der Waals surface area contributed by atoms with Crippen molar-refractivity contribution in [2.45, 2.75) is 0 Å². The van der Waals surface area contributed by atoms with Crippen molar-refractivity contribution in [1.82, 2.24) is 0 Å². The Balaban J connectivity index is 1.40. The molecule has 0 unspecified atom stereocenters. The average Bonchev–Trinajstić information content (AvgIpc) is 3.19. The fourth-order valence-electron chi connectivity index (χ4n) is 4.16. The number of fused-ring (bicyclic) bond motifs is 5. The number of para-hydroxylation sites is 1. The molecule has 6 rings (SSSR count). The molecule has 1 heterocycles. The highest BCUT2D eigenvalue weighted by Crippen LogP contribution is 2.36. The predicted octanol–water partition coefficient (Wildman–Crippen LogP) is 8.15. The van der Waals surface area contributed by atoms with Crippen molar-refractivity contribution in [3.63, 3.8) is 0 Å². The summed E-state index contributed by atoms with van der Waals surface area (Å²) in [5.74, 6) is 0. The van der Waals surface area contributed by atoms with Gasteiger partial charge in [-0.1, -0.05) is 72.8 Å². The van der Waals surface area contributed by atoms with Crippen LogP contribution in [0, 0.1) is 0 Å². The molecule has 30 heavy (non-hydrogen) atoms. The summed E-state index contributed by atoms with van der Waals surface area (Å²) in [4.78, 5) is 0. The summed E-state index contributed by atoms with van der Waals surface area (Å²) in [5, 5.41) is 8.28. The van der Waals surface area contributed by atoms with Gasteiger partial charge in [0, 0.05) is 22.1 Å². The highest BCUT2D eigenvalue weighted by Gasteiger charge is 2.10. The molecule has 0 bridgehead atoms. The van der Waals surface area contributed by atoms with Crippen molar-refractivity contribution in [1.29, 1.82) is 0 Å². The van der Waals surface area contributed by atoms with Crippen molar-refractivity contribution in [3.05, 3.63) is 109 Å². The Hall–Kier alpha value is -4.04. The van der Waals surface area contributed by atoms with Crippen LogP contribution in [0.5, 0.6) is 0 Å². The largest absolute Gasteiger partial charge is 0.456 e. The lowest BCUT2D eigenvalue weighted by molar-refractivity contribution is 0.669. The molecule has 0 fully saturated rings. The number of hydrogen-bond acceptors (Lipinski definition) is 2. The fourth-order valence-corrected chi connectivity index (χ4v) is 4.16. The smallest absolute Gasteiger partial charge is 0.136 e. The molecule has 0 aliphatic rings. The van der Waals surface area contributed by atoms with E-state index in [0.717, 1.165) is 27.9 Å². The molecule has 142 valence electrons.